The van der Waals surface area contributed by atoms with Crippen molar-refractivity contribution in [2.45, 2.75) is 13.5 Å². The molecule has 1 aromatic carbocycles. The number of nitrogens with zero attached hydrogens (tertiary/aromatic N) is 1. The summed E-state index contributed by atoms with van der Waals surface area (Å²) in [7, 11) is 0. The third-order valence-corrected chi connectivity index (χ3v) is 4.39. The molecule has 2 heterocycles. The molecular weight excluding hydrogens is 328 g/mol. The van der Waals surface area contributed by atoms with E-state index < -0.39 is 4.92 Å². The number of rotatable bonds is 5. The van der Waals surface area contributed by atoms with Crippen LogP contribution in [0.5, 0.6) is 0 Å². The molecule has 0 aliphatic heterocycles. The molecule has 0 aliphatic carbocycles. The number of nitro groups is 1. The Morgan fingerprint density at radius 3 is 2.79 bits per heavy atom. The predicted molar refractivity (Wildman–Crippen MR) is 91.0 cm³/mol. The molecule has 0 saturated carbocycles. The maximum absolute atomic E-state index is 12.2. The molecule has 0 bridgehead atoms. The third kappa shape index (κ3) is 3.36. The number of carbonyl (C=O) groups excluding carboxylic acids is 1. The van der Waals surface area contributed by atoms with Crippen molar-refractivity contribution in [3.8, 4) is 10.6 Å². The number of hydrogen-bond acceptors (Lipinski definition) is 5. The van der Waals surface area contributed by atoms with Crippen LogP contribution >= 0.6 is 11.3 Å². The topological polar surface area (TPSA) is 85.4 Å². The summed E-state index contributed by atoms with van der Waals surface area (Å²) in [5.41, 5.74) is 0.826. The van der Waals surface area contributed by atoms with Gasteiger partial charge in [0.2, 0.25) is 0 Å². The average Bonchev–Trinajstić information content (AvgIpc) is 3.23. The molecule has 0 spiro atoms. The number of hydrogen-bond donors (Lipinski definition) is 1. The number of nitrogens with one attached hydrogen (secondary N) is 1. The maximum Gasteiger partial charge on any atom is 0.272 e. The van der Waals surface area contributed by atoms with Crippen LogP contribution in [0.15, 0.2) is 52.3 Å². The summed E-state index contributed by atoms with van der Waals surface area (Å²) in [5.74, 6) is 1.10. The highest BCUT2D eigenvalue weighted by Crippen LogP contribution is 2.26. The van der Waals surface area contributed by atoms with Crippen molar-refractivity contribution in [2.24, 2.45) is 0 Å². The first kappa shape index (κ1) is 15.9. The normalized spacial score (nSPS) is 10.5. The van der Waals surface area contributed by atoms with Gasteiger partial charge < -0.3 is 9.73 Å². The smallest absolute Gasteiger partial charge is 0.272 e. The highest BCUT2D eigenvalue weighted by molar-refractivity contribution is 7.13. The Morgan fingerprint density at radius 2 is 2.12 bits per heavy atom. The third-order valence-electron chi connectivity index (χ3n) is 3.50. The number of thiophene rings is 1. The van der Waals surface area contributed by atoms with Crippen LogP contribution in [0, 0.1) is 17.0 Å². The van der Waals surface area contributed by atoms with Crippen LogP contribution in [0.2, 0.25) is 0 Å². The van der Waals surface area contributed by atoms with Crippen molar-refractivity contribution < 1.29 is 14.1 Å². The molecule has 7 heteroatoms. The predicted octanol–water partition coefficient (Wildman–Crippen LogP) is 4.15. The first-order chi connectivity index (χ1) is 11.5. The zero-order valence-electron chi connectivity index (χ0n) is 12.8. The Hall–Kier alpha value is -2.93. The Kier molecular flexibility index (Phi) is 4.43. The van der Waals surface area contributed by atoms with E-state index in [0.717, 1.165) is 10.6 Å². The van der Waals surface area contributed by atoms with E-state index in [4.69, 9.17) is 4.42 Å². The Morgan fingerprint density at radius 1 is 1.29 bits per heavy atom. The second-order valence-electron chi connectivity index (χ2n) is 5.18. The van der Waals surface area contributed by atoms with Crippen molar-refractivity contribution in [3.63, 3.8) is 0 Å². The second kappa shape index (κ2) is 6.67. The van der Waals surface area contributed by atoms with Gasteiger partial charge in [-0.15, -0.1) is 11.3 Å². The van der Waals surface area contributed by atoms with E-state index in [1.54, 1.807) is 18.3 Å². The van der Waals surface area contributed by atoms with Crippen LogP contribution in [0.3, 0.4) is 0 Å². The summed E-state index contributed by atoms with van der Waals surface area (Å²) in [6.45, 7) is 1.86. The van der Waals surface area contributed by atoms with E-state index in [1.807, 2.05) is 29.6 Å². The summed E-state index contributed by atoms with van der Waals surface area (Å²) < 4.78 is 5.69. The van der Waals surface area contributed by atoms with E-state index in [0.29, 0.717) is 16.9 Å². The summed E-state index contributed by atoms with van der Waals surface area (Å²) in [6, 6.07) is 11.9. The Balaban J connectivity index is 1.65. The minimum Gasteiger partial charge on any atom is -0.458 e. The quantitative estimate of drug-likeness (QED) is 0.557. The zero-order chi connectivity index (χ0) is 17.1. The molecule has 6 nitrogen and oxygen atoms in total. The Bertz CT molecular complexity index is 884. The van der Waals surface area contributed by atoms with E-state index in [2.05, 4.69) is 5.32 Å². The maximum atomic E-state index is 12.2. The molecule has 0 unspecified atom stereocenters. The van der Waals surface area contributed by atoms with E-state index in [1.165, 1.54) is 18.2 Å². The lowest BCUT2D eigenvalue weighted by Crippen LogP contribution is -2.22. The lowest BCUT2D eigenvalue weighted by atomic mass is 10.1. The van der Waals surface area contributed by atoms with Crippen LogP contribution in [0.4, 0.5) is 5.69 Å². The number of carbonyl (C=O) groups is 1. The van der Waals surface area contributed by atoms with Gasteiger partial charge in [0.25, 0.3) is 11.6 Å². The van der Waals surface area contributed by atoms with Gasteiger partial charge in [0, 0.05) is 17.2 Å². The van der Waals surface area contributed by atoms with E-state index >= 15 is 0 Å². The first-order valence-electron chi connectivity index (χ1n) is 7.20. The molecule has 0 radical (unpaired) electrons. The van der Waals surface area contributed by atoms with Gasteiger partial charge >= 0.3 is 0 Å². The van der Waals surface area contributed by atoms with E-state index in [9.17, 15) is 14.9 Å². The lowest BCUT2D eigenvalue weighted by molar-refractivity contribution is -0.385. The van der Waals surface area contributed by atoms with Crippen molar-refractivity contribution in [1.82, 2.24) is 5.32 Å². The minimum absolute atomic E-state index is 0.00169. The van der Waals surface area contributed by atoms with Gasteiger partial charge in [-0.25, -0.2) is 0 Å². The van der Waals surface area contributed by atoms with Gasteiger partial charge in [-0.3, -0.25) is 14.9 Å². The first-order valence-corrected chi connectivity index (χ1v) is 8.08. The van der Waals surface area contributed by atoms with Crippen LogP contribution in [-0.4, -0.2) is 10.8 Å². The minimum atomic E-state index is -0.466. The average molecular weight is 342 g/mol. The van der Waals surface area contributed by atoms with Crippen LogP contribution in [0.1, 0.15) is 21.7 Å². The van der Waals surface area contributed by atoms with Crippen molar-refractivity contribution in [2.75, 3.05) is 0 Å². The molecule has 0 saturated heterocycles. The zero-order valence-corrected chi connectivity index (χ0v) is 13.6. The summed E-state index contributed by atoms with van der Waals surface area (Å²) in [5, 5.41) is 15.5. The number of aryl methyl sites for hydroxylation is 1. The van der Waals surface area contributed by atoms with Gasteiger partial charge in [0.1, 0.15) is 11.5 Å². The van der Waals surface area contributed by atoms with Gasteiger partial charge in [-0.1, -0.05) is 6.07 Å². The molecule has 0 aliphatic rings. The lowest BCUT2D eigenvalue weighted by Gasteiger charge is -2.05. The second-order valence-corrected chi connectivity index (χ2v) is 6.13. The summed E-state index contributed by atoms with van der Waals surface area (Å²) >= 11 is 1.58. The van der Waals surface area contributed by atoms with Gasteiger partial charge in [0.05, 0.1) is 16.3 Å². The Labute approximate surface area is 141 Å². The fraction of sp³-hybridized carbons (Fsp3) is 0.118. The van der Waals surface area contributed by atoms with Crippen LogP contribution in [0.25, 0.3) is 10.6 Å². The molecule has 122 valence electrons. The molecule has 1 N–H and O–H groups in total. The number of nitro benzene ring substituents is 1. The van der Waals surface area contributed by atoms with Crippen molar-refractivity contribution in [1.29, 1.82) is 0 Å². The highest BCUT2D eigenvalue weighted by atomic mass is 32.1. The summed E-state index contributed by atoms with van der Waals surface area (Å²) in [6.07, 6.45) is 0. The fourth-order valence-electron chi connectivity index (χ4n) is 2.30. The van der Waals surface area contributed by atoms with Gasteiger partial charge in [-0.05, 0) is 42.6 Å². The molecule has 24 heavy (non-hydrogen) atoms. The largest absolute Gasteiger partial charge is 0.458 e. The fourth-order valence-corrected chi connectivity index (χ4v) is 2.98. The monoisotopic (exact) mass is 342 g/mol. The van der Waals surface area contributed by atoms with Crippen LogP contribution < -0.4 is 5.32 Å². The summed E-state index contributed by atoms with van der Waals surface area (Å²) in [4.78, 5) is 23.5. The molecule has 3 aromatic rings. The van der Waals surface area contributed by atoms with Crippen molar-refractivity contribution >= 4 is 22.9 Å². The number of furan rings is 1. The molecule has 0 fully saturated rings. The number of amides is 1. The standard InChI is InChI=1S/C17H14N2O4S/c1-11-9-12(4-6-14(11)19(21)22)17(20)18-10-13-5-7-15(23-13)16-3-2-8-24-16/h2-9H,10H2,1H3,(H,18,20). The molecule has 1 amide bonds. The SMILES string of the molecule is Cc1cc(C(=O)NCc2ccc(-c3cccs3)o2)ccc1[N+](=O)[O-]. The van der Waals surface area contributed by atoms with E-state index in [-0.39, 0.29) is 18.1 Å². The molecule has 0 atom stereocenters. The molecule has 3 rings (SSSR count). The number of benzene rings is 1. The van der Waals surface area contributed by atoms with Gasteiger partial charge in [-0.2, -0.15) is 0 Å². The molecular formula is C17H14N2O4S. The highest BCUT2D eigenvalue weighted by Gasteiger charge is 2.14. The molecule has 2 aromatic heterocycles. The van der Waals surface area contributed by atoms with Gasteiger partial charge in [0.15, 0.2) is 0 Å². The van der Waals surface area contributed by atoms with Crippen molar-refractivity contribution in [3.05, 3.63) is 74.8 Å². The van der Waals surface area contributed by atoms with Crippen LogP contribution in [-0.2, 0) is 6.54 Å².